The summed E-state index contributed by atoms with van der Waals surface area (Å²) in [4.78, 5) is 26.8. The Hall–Kier alpha value is -2.62. The summed E-state index contributed by atoms with van der Waals surface area (Å²) in [7, 11) is 1.65. The van der Waals surface area contributed by atoms with Crippen molar-refractivity contribution in [1.29, 1.82) is 0 Å². The summed E-state index contributed by atoms with van der Waals surface area (Å²) >= 11 is 0. The van der Waals surface area contributed by atoms with Gasteiger partial charge in [0, 0.05) is 24.9 Å². The molecule has 3 rings (SSSR count). The van der Waals surface area contributed by atoms with Gasteiger partial charge in [-0.15, -0.1) is 0 Å². The Labute approximate surface area is 154 Å². The monoisotopic (exact) mass is 351 g/mol. The minimum atomic E-state index is 0.0335. The second kappa shape index (κ2) is 8.17. The molecule has 2 aromatic rings. The minimum absolute atomic E-state index is 0.0335. The minimum Gasteiger partial charge on any atom is -0.497 e. The zero-order chi connectivity index (χ0) is 18.5. The average Bonchev–Trinajstić information content (AvgIpc) is 2.68. The van der Waals surface area contributed by atoms with Crippen molar-refractivity contribution in [2.45, 2.75) is 38.6 Å². The number of ketones is 1. The van der Waals surface area contributed by atoms with Crippen LogP contribution in [0.5, 0.6) is 5.75 Å². The molecule has 1 aliphatic rings. The van der Waals surface area contributed by atoms with Crippen LogP contribution in [-0.2, 0) is 11.2 Å². The van der Waals surface area contributed by atoms with Gasteiger partial charge in [-0.1, -0.05) is 36.4 Å². The molecule has 2 aromatic carbocycles. The van der Waals surface area contributed by atoms with Crippen LogP contribution in [0, 0.1) is 0 Å². The normalized spacial score (nSPS) is 16.1. The number of hydrogen-bond donors (Lipinski definition) is 0. The van der Waals surface area contributed by atoms with Gasteiger partial charge in [-0.05, 0) is 43.0 Å². The number of rotatable bonds is 6. The van der Waals surface area contributed by atoms with Gasteiger partial charge in [-0.2, -0.15) is 0 Å². The fourth-order valence-electron chi connectivity index (χ4n) is 3.57. The van der Waals surface area contributed by atoms with Gasteiger partial charge < -0.3 is 9.64 Å². The van der Waals surface area contributed by atoms with Crippen LogP contribution in [0.25, 0.3) is 0 Å². The smallest absolute Gasteiger partial charge is 0.223 e. The molecule has 136 valence electrons. The van der Waals surface area contributed by atoms with Crippen molar-refractivity contribution >= 4 is 11.7 Å². The van der Waals surface area contributed by atoms with E-state index in [1.165, 1.54) is 5.56 Å². The van der Waals surface area contributed by atoms with Crippen LogP contribution < -0.4 is 4.74 Å². The van der Waals surface area contributed by atoms with Crippen molar-refractivity contribution in [2.24, 2.45) is 0 Å². The van der Waals surface area contributed by atoms with Crippen LogP contribution in [-0.4, -0.2) is 30.2 Å². The summed E-state index contributed by atoms with van der Waals surface area (Å²) in [6.07, 6.45) is 2.25. The van der Waals surface area contributed by atoms with Gasteiger partial charge in [0.1, 0.15) is 5.75 Å². The van der Waals surface area contributed by atoms with E-state index >= 15 is 0 Å². The van der Waals surface area contributed by atoms with Gasteiger partial charge in [0.15, 0.2) is 5.78 Å². The molecule has 0 saturated carbocycles. The highest BCUT2D eigenvalue weighted by atomic mass is 16.5. The Morgan fingerprint density at radius 3 is 2.62 bits per heavy atom. The number of Topliss-reactive ketones (excluding diaryl/α,β-unsaturated/α-hetero) is 1. The maximum absolute atomic E-state index is 12.7. The highest BCUT2D eigenvalue weighted by molar-refractivity contribution is 5.96. The molecule has 0 saturated heterocycles. The summed E-state index contributed by atoms with van der Waals surface area (Å²) in [5, 5.41) is 0. The molecule has 1 amide bonds. The van der Waals surface area contributed by atoms with Gasteiger partial charge in [-0.25, -0.2) is 0 Å². The molecule has 4 heteroatoms. The molecule has 1 aliphatic heterocycles. The second-order valence-electron chi connectivity index (χ2n) is 6.72. The third-order valence-electron chi connectivity index (χ3n) is 5.10. The number of carbonyl (C=O) groups excluding carboxylic acids is 2. The Kier molecular flexibility index (Phi) is 5.71. The first-order valence-corrected chi connectivity index (χ1v) is 9.14. The summed E-state index contributed by atoms with van der Waals surface area (Å²) in [5.41, 5.74) is 3.15. The molecule has 0 N–H and O–H groups in total. The number of amides is 1. The van der Waals surface area contributed by atoms with E-state index in [4.69, 9.17) is 4.74 Å². The quantitative estimate of drug-likeness (QED) is 0.733. The van der Waals surface area contributed by atoms with Crippen molar-refractivity contribution in [2.75, 3.05) is 13.7 Å². The van der Waals surface area contributed by atoms with E-state index in [1.807, 2.05) is 47.4 Å². The molecule has 0 bridgehead atoms. The van der Waals surface area contributed by atoms with E-state index in [9.17, 15) is 9.59 Å². The van der Waals surface area contributed by atoms with E-state index in [2.05, 4.69) is 13.0 Å². The molecule has 26 heavy (non-hydrogen) atoms. The molecule has 1 unspecified atom stereocenters. The largest absolute Gasteiger partial charge is 0.497 e. The van der Waals surface area contributed by atoms with Crippen LogP contribution in [0.4, 0.5) is 0 Å². The topological polar surface area (TPSA) is 46.6 Å². The Morgan fingerprint density at radius 1 is 1.12 bits per heavy atom. The summed E-state index contributed by atoms with van der Waals surface area (Å²) in [5.74, 6) is 1.03. The highest BCUT2D eigenvalue weighted by Gasteiger charge is 2.27. The van der Waals surface area contributed by atoms with Crippen molar-refractivity contribution in [1.82, 2.24) is 4.90 Å². The van der Waals surface area contributed by atoms with Crippen LogP contribution >= 0.6 is 0 Å². The molecular weight excluding hydrogens is 326 g/mol. The maximum atomic E-state index is 12.7. The average molecular weight is 351 g/mol. The standard InChI is InChI=1S/C22H25NO3/c1-16-20-15-19(26-2)12-11-17(20)13-14-23(16)22(25)10-6-9-21(24)18-7-4-3-5-8-18/h3-5,7-8,11-12,15-16H,6,9-10,13-14H2,1-2H3. The molecular formula is C22H25NO3. The summed E-state index contributed by atoms with van der Waals surface area (Å²) < 4.78 is 5.32. The molecule has 0 fully saturated rings. The van der Waals surface area contributed by atoms with Crippen LogP contribution in [0.3, 0.4) is 0 Å². The number of benzene rings is 2. The molecule has 0 radical (unpaired) electrons. The number of fused-ring (bicyclic) bond motifs is 1. The lowest BCUT2D eigenvalue weighted by molar-refractivity contribution is -0.133. The number of hydrogen-bond acceptors (Lipinski definition) is 3. The first kappa shape index (κ1) is 18.2. The predicted octanol–water partition coefficient (Wildman–Crippen LogP) is 4.19. The number of ether oxygens (including phenoxy) is 1. The zero-order valence-electron chi connectivity index (χ0n) is 15.4. The molecule has 4 nitrogen and oxygen atoms in total. The SMILES string of the molecule is COc1ccc2c(c1)C(C)N(C(=O)CCCC(=O)c1ccccc1)CC2. The van der Waals surface area contributed by atoms with Gasteiger partial charge in [-0.3, -0.25) is 9.59 Å². The third-order valence-corrected chi connectivity index (χ3v) is 5.10. The highest BCUT2D eigenvalue weighted by Crippen LogP contribution is 2.32. The van der Waals surface area contributed by atoms with Crippen LogP contribution in [0.1, 0.15) is 53.7 Å². The van der Waals surface area contributed by atoms with E-state index in [0.29, 0.717) is 24.8 Å². The Balaban J connectivity index is 1.57. The van der Waals surface area contributed by atoms with Crippen LogP contribution in [0.2, 0.25) is 0 Å². The van der Waals surface area contributed by atoms with Crippen LogP contribution in [0.15, 0.2) is 48.5 Å². The lowest BCUT2D eigenvalue weighted by Crippen LogP contribution is -2.38. The Bertz CT molecular complexity index is 785. The Morgan fingerprint density at radius 2 is 1.88 bits per heavy atom. The number of nitrogens with zero attached hydrogens (tertiary/aromatic N) is 1. The maximum Gasteiger partial charge on any atom is 0.223 e. The van der Waals surface area contributed by atoms with Gasteiger partial charge in [0.05, 0.1) is 13.2 Å². The van der Waals surface area contributed by atoms with Crippen molar-refractivity contribution in [3.63, 3.8) is 0 Å². The zero-order valence-corrected chi connectivity index (χ0v) is 15.4. The van der Waals surface area contributed by atoms with E-state index < -0.39 is 0 Å². The van der Waals surface area contributed by atoms with Crippen molar-refractivity contribution < 1.29 is 14.3 Å². The molecule has 0 aromatic heterocycles. The van der Waals surface area contributed by atoms with Gasteiger partial charge in [0.2, 0.25) is 5.91 Å². The fourth-order valence-corrected chi connectivity index (χ4v) is 3.57. The summed E-state index contributed by atoms with van der Waals surface area (Å²) in [6.45, 7) is 2.79. The van der Waals surface area contributed by atoms with Crippen molar-refractivity contribution in [3.05, 3.63) is 65.2 Å². The second-order valence-corrected chi connectivity index (χ2v) is 6.72. The third kappa shape index (κ3) is 3.96. The summed E-state index contributed by atoms with van der Waals surface area (Å²) in [6, 6.07) is 15.4. The van der Waals surface area contributed by atoms with Gasteiger partial charge in [0.25, 0.3) is 0 Å². The first-order valence-electron chi connectivity index (χ1n) is 9.14. The molecule has 0 aliphatic carbocycles. The van der Waals surface area contributed by atoms with Crippen molar-refractivity contribution in [3.8, 4) is 5.75 Å². The van der Waals surface area contributed by atoms with E-state index in [0.717, 1.165) is 24.3 Å². The van der Waals surface area contributed by atoms with Gasteiger partial charge >= 0.3 is 0 Å². The number of methoxy groups -OCH3 is 1. The molecule has 1 atom stereocenters. The van der Waals surface area contributed by atoms with E-state index in [-0.39, 0.29) is 17.7 Å². The fraction of sp³-hybridized carbons (Fsp3) is 0.364. The lowest BCUT2D eigenvalue weighted by atomic mass is 9.93. The molecule has 1 heterocycles. The lowest BCUT2D eigenvalue weighted by Gasteiger charge is -2.35. The number of carbonyl (C=O) groups is 2. The molecule has 0 spiro atoms. The first-order chi connectivity index (χ1) is 12.6. The predicted molar refractivity (Wildman–Crippen MR) is 101 cm³/mol. The van der Waals surface area contributed by atoms with E-state index in [1.54, 1.807) is 7.11 Å².